The molecule has 1 aliphatic heterocycles. The Balaban J connectivity index is 2.19. The molecule has 3 nitrogen and oxygen atoms in total. The molecule has 4 heteroatoms. The Morgan fingerprint density at radius 2 is 2.00 bits per heavy atom. The van der Waals surface area contributed by atoms with Crippen LogP contribution in [-0.2, 0) is 0 Å². The molecular formula is C16H17N3S. The predicted molar refractivity (Wildman–Crippen MR) is 87.8 cm³/mol. The third-order valence-electron chi connectivity index (χ3n) is 3.42. The number of allylic oxidation sites excluding steroid dienone is 1. The van der Waals surface area contributed by atoms with Gasteiger partial charge in [0.05, 0.1) is 16.7 Å². The first kappa shape index (κ1) is 13.1. The average molecular weight is 283 g/mol. The lowest BCUT2D eigenvalue weighted by Crippen LogP contribution is -2.53. The average Bonchev–Trinajstić information content (AvgIpc) is 2.36. The van der Waals surface area contributed by atoms with Gasteiger partial charge in [0, 0.05) is 17.3 Å². The quantitative estimate of drug-likeness (QED) is 0.809. The third kappa shape index (κ3) is 2.16. The monoisotopic (exact) mass is 283 g/mol. The Hall–Kier alpha value is -1.94. The van der Waals surface area contributed by atoms with Gasteiger partial charge < -0.3 is 5.32 Å². The molecule has 0 fully saturated rings. The van der Waals surface area contributed by atoms with Gasteiger partial charge >= 0.3 is 0 Å². The van der Waals surface area contributed by atoms with Crippen LogP contribution in [-0.4, -0.2) is 15.6 Å². The molecule has 2 aromatic rings. The van der Waals surface area contributed by atoms with E-state index < -0.39 is 0 Å². The maximum atomic E-state index is 5.55. The highest BCUT2D eigenvalue weighted by Crippen LogP contribution is 2.31. The summed E-state index contributed by atoms with van der Waals surface area (Å²) < 4.78 is 0. The zero-order valence-electron chi connectivity index (χ0n) is 11.8. The van der Waals surface area contributed by atoms with Crippen LogP contribution in [0.15, 0.2) is 48.3 Å². The number of thiocarbonyl (C=S) groups is 1. The van der Waals surface area contributed by atoms with E-state index in [1.807, 2.05) is 24.4 Å². The van der Waals surface area contributed by atoms with E-state index in [0.29, 0.717) is 0 Å². The minimum atomic E-state index is -0.111. The number of nitrogens with zero attached hydrogens (tertiary/aromatic N) is 2. The van der Waals surface area contributed by atoms with Crippen LogP contribution >= 0.6 is 12.2 Å². The molecule has 1 aromatic carbocycles. The lowest BCUT2D eigenvalue weighted by molar-refractivity contribution is 0.560. The van der Waals surface area contributed by atoms with Gasteiger partial charge in [0.2, 0.25) is 0 Å². The van der Waals surface area contributed by atoms with Crippen molar-refractivity contribution in [2.75, 3.05) is 4.90 Å². The zero-order valence-corrected chi connectivity index (χ0v) is 12.7. The van der Waals surface area contributed by atoms with Gasteiger partial charge in [-0.3, -0.25) is 9.88 Å². The Bertz CT molecular complexity index is 713. The third-order valence-corrected chi connectivity index (χ3v) is 3.70. The molecule has 0 atom stereocenters. The van der Waals surface area contributed by atoms with Crippen LogP contribution in [0.2, 0.25) is 0 Å². The molecule has 20 heavy (non-hydrogen) atoms. The Morgan fingerprint density at radius 1 is 1.20 bits per heavy atom. The number of rotatable bonds is 1. The summed E-state index contributed by atoms with van der Waals surface area (Å²) in [6.45, 7) is 6.32. The van der Waals surface area contributed by atoms with Crippen LogP contribution in [0.4, 0.5) is 5.69 Å². The first-order valence-corrected chi connectivity index (χ1v) is 7.04. The molecule has 1 N–H and O–H groups in total. The number of hydrogen-bond donors (Lipinski definition) is 1. The molecule has 0 aliphatic carbocycles. The highest BCUT2D eigenvalue weighted by molar-refractivity contribution is 7.80. The molecule has 0 radical (unpaired) electrons. The summed E-state index contributed by atoms with van der Waals surface area (Å²) in [5.41, 5.74) is 3.07. The van der Waals surface area contributed by atoms with E-state index in [2.05, 4.69) is 54.2 Å². The highest BCUT2D eigenvalue weighted by Gasteiger charge is 2.28. The summed E-state index contributed by atoms with van der Waals surface area (Å²) in [5.74, 6) is 0. The minimum Gasteiger partial charge on any atom is -0.354 e. The van der Waals surface area contributed by atoms with E-state index in [-0.39, 0.29) is 5.54 Å². The van der Waals surface area contributed by atoms with E-state index in [4.69, 9.17) is 12.2 Å². The number of nitrogens with one attached hydrogen (secondary N) is 1. The maximum absolute atomic E-state index is 5.55. The summed E-state index contributed by atoms with van der Waals surface area (Å²) in [4.78, 5) is 6.48. The van der Waals surface area contributed by atoms with Crippen molar-refractivity contribution in [3.63, 3.8) is 0 Å². The number of anilines is 1. The molecule has 0 spiro atoms. The predicted octanol–water partition coefficient (Wildman–Crippen LogP) is 3.61. The van der Waals surface area contributed by atoms with Crippen LogP contribution in [0, 0.1) is 0 Å². The van der Waals surface area contributed by atoms with Crippen LogP contribution < -0.4 is 10.2 Å². The summed E-state index contributed by atoms with van der Waals surface area (Å²) in [6.07, 6.45) is 4.00. The molecule has 0 saturated heterocycles. The lowest BCUT2D eigenvalue weighted by Gasteiger charge is -2.38. The normalized spacial score (nSPS) is 17.9. The van der Waals surface area contributed by atoms with Crippen molar-refractivity contribution in [2.24, 2.45) is 0 Å². The van der Waals surface area contributed by atoms with Gasteiger partial charge in [-0.2, -0.15) is 0 Å². The maximum Gasteiger partial charge on any atom is 0.178 e. The van der Waals surface area contributed by atoms with Crippen molar-refractivity contribution in [1.82, 2.24) is 10.3 Å². The van der Waals surface area contributed by atoms with Crippen molar-refractivity contribution in [3.05, 3.63) is 48.3 Å². The molecule has 0 unspecified atom stereocenters. The number of aromatic nitrogens is 1. The largest absolute Gasteiger partial charge is 0.354 e. The van der Waals surface area contributed by atoms with E-state index in [1.165, 1.54) is 0 Å². The molecular weight excluding hydrogens is 266 g/mol. The number of hydrogen-bond acceptors (Lipinski definition) is 2. The summed E-state index contributed by atoms with van der Waals surface area (Å²) in [5, 5.41) is 5.19. The van der Waals surface area contributed by atoms with Crippen LogP contribution in [0.3, 0.4) is 0 Å². The van der Waals surface area contributed by atoms with Crippen LogP contribution in [0.5, 0.6) is 0 Å². The number of fused-ring (bicyclic) bond motifs is 1. The van der Waals surface area contributed by atoms with Crippen molar-refractivity contribution in [2.45, 2.75) is 26.3 Å². The lowest BCUT2D eigenvalue weighted by atomic mass is 10.0. The Kier molecular flexibility index (Phi) is 2.98. The van der Waals surface area contributed by atoms with Crippen molar-refractivity contribution < 1.29 is 0 Å². The Morgan fingerprint density at radius 3 is 2.75 bits per heavy atom. The molecule has 2 heterocycles. The van der Waals surface area contributed by atoms with Gasteiger partial charge in [-0.25, -0.2) is 0 Å². The fraction of sp³-hybridized carbons (Fsp3) is 0.250. The SMILES string of the molecule is CC1=CC(C)(C)NC(=S)N1c1cccc2ncccc12. The van der Waals surface area contributed by atoms with Gasteiger partial charge in [-0.1, -0.05) is 6.07 Å². The summed E-state index contributed by atoms with van der Waals surface area (Å²) in [7, 11) is 0. The van der Waals surface area contributed by atoms with Gasteiger partial charge in [-0.05, 0) is 63.3 Å². The van der Waals surface area contributed by atoms with E-state index in [1.54, 1.807) is 0 Å². The molecule has 0 bridgehead atoms. The zero-order chi connectivity index (χ0) is 14.3. The van der Waals surface area contributed by atoms with Crippen molar-refractivity contribution >= 4 is 33.9 Å². The molecule has 1 aliphatic rings. The molecule has 3 rings (SSSR count). The second-order valence-corrected chi connectivity index (χ2v) is 6.01. The smallest absolute Gasteiger partial charge is 0.178 e. The van der Waals surface area contributed by atoms with E-state index in [0.717, 1.165) is 27.4 Å². The van der Waals surface area contributed by atoms with E-state index >= 15 is 0 Å². The first-order valence-electron chi connectivity index (χ1n) is 6.63. The first-order chi connectivity index (χ1) is 9.48. The fourth-order valence-electron chi connectivity index (χ4n) is 2.70. The topological polar surface area (TPSA) is 28.2 Å². The van der Waals surface area contributed by atoms with Crippen LogP contribution in [0.25, 0.3) is 10.9 Å². The molecule has 102 valence electrons. The van der Waals surface area contributed by atoms with Gasteiger partial charge in [0.1, 0.15) is 0 Å². The molecule has 0 saturated carbocycles. The van der Waals surface area contributed by atoms with Gasteiger partial charge in [0.15, 0.2) is 5.11 Å². The van der Waals surface area contributed by atoms with E-state index in [9.17, 15) is 0 Å². The Labute approximate surface area is 124 Å². The van der Waals surface area contributed by atoms with Gasteiger partial charge in [-0.15, -0.1) is 0 Å². The number of pyridine rings is 1. The van der Waals surface area contributed by atoms with Gasteiger partial charge in [0.25, 0.3) is 0 Å². The highest BCUT2D eigenvalue weighted by atomic mass is 32.1. The summed E-state index contributed by atoms with van der Waals surface area (Å²) in [6, 6.07) is 10.1. The molecule has 1 aromatic heterocycles. The second-order valence-electron chi connectivity index (χ2n) is 5.62. The van der Waals surface area contributed by atoms with Crippen LogP contribution in [0.1, 0.15) is 20.8 Å². The molecule has 0 amide bonds. The van der Waals surface area contributed by atoms with Crippen molar-refractivity contribution in [1.29, 1.82) is 0 Å². The second kappa shape index (κ2) is 4.56. The summed E-state index contributed by atoms with van der Waals surface area (Å²) >= 11 is 5.55. The standard InChI is InChI=1S/C16H17N3S/c1-11-10-16(2,3)18-15(20)19(11)14-8-4-7-13-12(14)6-5-9-17-13/h4-10H,1-3H3,(H,18,20). The van der Waals surface area contributed by atoms with Crippen molar-refractivity contribution in [3.8, 4) is 0 Å². The number of benzene rings is 1. The fourth-order valence-corrected chi connectivity index (χ4v) is 3.20. The minimum absolute atomic E-state index is 0.111.